The molecular weight excluding hydrogens is 300 g/mol. The highest BCUT2D eigenvalue weighted by Gasteiger charge is 2.36. The molecule has 1 aromatic rings. The van der Waals surface area contributed by atoms with E-state index < -0.39 is 17.4 Å². The van der Waals surface area contributed by atoms with Gasteiger partial charge in [0.1, 0.15) is 0 Å². The SMILES string of the molecule is CC(C)c1cc(C(=O)NC2(CC(=O)O)CCOCC2)cc(=O)[nH]1. The van der Waals surface area contributed by atoms with Crippen LogP contribution in [0, 0.1) is 0 Å². The van der Waals surface area contributed by atoms with Crippen molar-refractivity contribution >= 4 is 11.9 Å². The van der Waals surface area contributed by atoms with E-state index >= 15 is 0 Å². The number of pyridine rings is 1. The van der Waals surface area contributed by atoms with Crippen LogP contribution < -0.4 is 10.9 Å². The average Bonchev–Trinajstić information content (AvgIpc) is 2.46. The Morgan fingerprint density at radius 3 is 2.57 bits per heavy atom. The lowest BCUT2D eigenvalue weighted by Gasteiger charge is -2.36. The molecule has 7 heteroatoms. The minimum absolute atomic E-state index is 0.0755. The van der Waals surface area contributed by atoms with Gasteiger partial charge in [0.25, 0.3) is 5.91 Å². The monoisotopic (exact) mass is 322 g/mol. The molecule has 2 heterocycles. The van der Waals surface area contributed by atoms with Crippen LogP contribution in [-0.4, -0.2) is 40.7 Å². The van der Waals surface area contributed by atoms with Crippen LogP contribution in [-0.2, 0) is 9.53 Å². The van der Waals surface area contributed by atoms with Crippen LogP contribution in [0.5, 0.6) is 0 Å². The number of H-pyrrole nitrogens is 1. The van der Waals surface area contributed by atoms with E-state index in [1.165, 1.54) is 6.07 Å². The normalized spacial score (nSPS) is 17.0. The maximum absolute atomic E-state index is 12.5. The van der Waals surface area contributed by atoms with E-state index in [0.717, 1.165) is 0 Å². The van der Waals surface area contributed by atoms with Crippen LogP contribution in [0.4, 0.5) is 0 Å². The highest BCUT2D eigenvalue weighted by atomic mass is 16.5. The topological polar surface area (TPSA) is 108 Å². The maximum Gasteiger partial charge on any atom is 0.305 e. The molecule has 1 amide bonds. The number of carboxylic acids is 1. The van der Waals surface area contributed by atoms with Crippen molar-refractivity contribution in [3.05, 3.63) is 33.7 Å². The molecule has 1 saturated heterocycles. The molecule has 0 spiro atoms. The number of hydrogen-bond acceptors (Lipinski definition) is 4. The van der Waals surface area contributed by atoms with E-state index in [9.17, 15) is 14.4 Å². The third kappa shape index (κ3) is 4.41. The molecule has 2 rings (SSSR count). The van der Waals surface area contributed by atoms with Crippen molar-refractivity contribution in [1.82, 2.24) is 10.3 Å². The average molecular weight is 322 g/mol. The molecular formula is C16H22N2O5. The van der Waals surface area contributed by atoms with Crippen LogP contribution in [0.3, 0.4) is 0 Å². The van der Waals surface area contributed by atoms with Crippen molar-refractivity contribution in [3.8, 4) is 0 Å². The van der Waals surface area contributed by atoms with Gasteiger partial charge >= 0.3 is 5.97 Å². The van der Waals surface area contributed by atoms with E-state index in [1.54, 1.807) is 6.07 Å². The van der Waals surface area contributed by atoms with Gasteiger partial charge in [-0.1, -0.05) is 13.8 Å². The Morgan fingerprint density at radius 1 is 1.35 bits per heavy atom. The summed E-state index contributed by atoms with van der Waals surface area (Å²) in [4.78, 5) is 38.1. The number of carbonyl (C=O) groups is 2. The zero-order chi connectivity index (χ0) is 17.0. The number of aromatic amines is 1. The Hall–Kier alpha value is -2.15. The smallest absolute Gasteiger partial charge is 0.305 e. The van der Waals surface area contributed by atoms with E-state index in [2.05, 4.69) is 10.3 Å². The number of aliphatic carboxylic acids is 1. The van der Waals surface area contributed by atoms with Crippen molar-refractivity contribution < 1.29 is 19.4 Å². The zero-order valence-electron chi connectivity index (χ0n) is 13.3. The van der Waals surface area contributed by atoms with Crippen molar-refractivity contribution in [2.75, 3.05) is 13.2 Å². The Bertz CT molecular complexity index is 644. The molecule has 0 aliphatic carbocycles. The molecule has 1 aliphatic heterocycles. The second-order valence-corrected chi connectivity index (χ2v) is 6.26. The first-order valence-electron chi connectivity index (χ1n) is 7.68. The number of rotatable bonds is 5. The number of amides is 1. The van der Waals surface area contributed by atoms with E-state index in [-0.39, 0.29) is 23.5 Å². The fourth-order valence-corrected chi connectivity index (χ4v) is 2.72. The molecule has 1 aliphatic rings. The maximum atomic E-state index is 12.5. The second kappa shape index (κ2) is 6.95. The van der Waals surface area contributed by atoms with Gasteiger partial charge in [-0.15, -0.1) is 0 Å². The van der Waals surface area contributed by atoms with E-state index in [1.807, 2.05) is 13.8 Å². The molecule has 23 heavy (non-hydrogen) atoms. The van der Waals surface area contributed by atoms with Gasteiger partial charge in [0.05, 0.1) is 12.0 Å². The molecule has 1 aromatic heterocycles. The van der Waals surface area contributed by atoms with Gasteiger partial charge in [0, 0.05) is 30.5 Å². The Morgan fingerprint density at radius 2 is 2.00 bits per heavy atom. The first-order chi connectivity index (χ1) is 10.8. The number of nitrogens with one attached hydrogen (secondary N) is 2. The van der Waals surface area contributed by atoms with Gasteiger partial charge in [0.2, 0.25) is 5.56 Å². The third-order valence-corrected chi connectivity index (χ3v) is 4.07. The number of carbonyl (C=O) groups excluding carboxylic acids is 1. The van der Waals surface area contributed by atoms with Crippen molar-refractivity contribution in [2.24, 2.45) is 0 Å². The lowest BCUT2D eigenvalue weighted by atomic mass is 9.86. The minimum atomic E-state index is -0.971. The summed E-state index contributed by atoms with van der Waals surface area (Å²) in [6.45, 7) is 4.63. The van der Waals surface area contributed by atoms with Gasteiger partial charge in [0.15, 0.2) is 0 Å². The standard InChI is InChI=1S/C16H22N2O5/c1-10(2)12-7-11(8-13(19)17-12)15(22)18-16(9-14(20)21)3-5-23-6-4-16/h7-8,10H,3-6,9H2,1-2H3,(H,17,19)(H,18,22)(H,20,21). The molecule has 0 atom stereocenters. The second-order valence-electron chi connectivity index (χ2n) is 6.26. The number of ether oxygens (including phenoxy) is 1. The summed E-state index contributed by atoms with van der Waals surface area (Å²) >= 11 is 0. The fourth-order valence-electron chi connectivity index (χ4n) is 2.72. The minimum Gasteiger partial charge on any atom is -0.481 e. The Balaban J connectivity index is 2.25. The van der Waals surface area contributed by atoms with E-state index in [4.69, 9.17) is 9.84 Å². The van der Waals surface area contributed by atoms with Crippen LogP contribution in [0.2, 0.25) is 0 Å². The van der Waals surface area contributed by atoms with Crippen LogP contribution in [0.25, 0.3) is 0 Å². The largest absolute Gasteiger partial charge is 0.481 e. The fraction of sp³-hybridized carbons (Fsp3) is 0.562. The van der Waals surface area contributed by atoms with Crippen molar-refractivity contribution in [3.63, 3.8) is 0 Å². The molecule has 7 nitrogen and oxygen atoms in total. The lowest BCUT2D eigenvalue weighted by Crippen LogP contribution is -2.53. The zero-order valence-corrected chi connectivity index (χ0v) is 13.3. The molecule has 0 radical (unpaired) electrons. The Labute approximate surface area is 134 Å². The Kier molecular flexibility index (Phi) is 5.20. The van der Waals surface area contributed by atoms with E-state index in [0.29, 0.717) is 31.7 Å². The first-order valence-corrected chi connectivity index (χ1v) is 7.68. The highest BCUT2D eigenvalue weighted by Crippen LogP contribution is 2.25. The third-order valence-electron chi connectivity index (χ3n) is 4.07. The van der Waals surface area contributed by atoms with Crippen molar-refractivity contribution in [2.45, 2.75) is 44.6 Å². The summed E-state index contributed by atoms with van der Waals surface area (Å²) in [5, 5.41) is 11.9. The lowest BCUT2D eigenvalue weighted by molar-refractivity contribution is -0.139. The highest BCUT2D eigenvalue weighted by molar-refractivity contribution is 5.95. The van der Waals surface area contributed by atoms with Crippen LogP contribution in [0.15, 0.2) is 16.9 Å². The van der Waals surface area contributed by atoms with Gasteiger partial charge in [-0.25, -0.2) is 0 Å². The quantitative estimate of drug-likeness (QED) is 0.756. The summed E-state index contributed by atoms with van der Waals surface area (Å²) in [5.41, 5.74) is -0.266. The predicted molar refractivity (Wildman–Crippen MR) is 83.7 cm³/mol. The molecule has 0 unspecified atom stereocenters. The summed E-state index contributed by atoms with van der Waals surface area (Å²) < 4.78 is 5.26. The summed E-state index contributed by atoms with van der Waals surface area (Å²) in [6, 6.07) is 2.87. The number of carboxylic acid groups (broad SMARTS) is 1. The first kappa shape index (κ1) is 17.2. The van der Waals surface area contributed by atoms with Gasteiger partial charge in [-0.3, -0.25) is 14.4 Å². The predicted octanol–water partition coefficient (Wildman–Crippen LogP) is 1.25. The summed E-state index contributed by atoms with van der Waals surface area (Å²) in [5.74, 6) is -1.33. The molecule has 0 saturated carbocycles. The summed E-state index contributed by atoms with van der Waals surface area (Å²) in [6.07, 6.45) is 0.707. The molecule has 1 fully saturated rings. The van der Waals surface area contributed by atoms with Crippen molar-refractivity contribution in [1.29, 1.82) is 0 Å². The molecule has 0 bridgehead atoms. The van der Waals surface area contributed by atoms with Gasteiger partial charge in [-0.2, -0.15) is 0 Å². The van der Waals surface area contributed by atoms with Gasteiger partial charge in [-0.05, 0) is 24.8 Å². The van der Waals surface area contributed by atoms with Gasteiger partial charge < -0.3 is 20.1 Å². The molecule has 3 N–H and O–H groups in total. The summed E-state index contributed by atoms with van der Waals surface area (Å²) in [7, 11) is 0. The number of hydrogen-bond donors (Lipinski definition) is 3. The molecule has 126 valence electrons. The van der Waals surface area contributed by atoms with Crippen LogP contribution >= 0.6 is 0 Å². The molecule has 0 aromatic carbocycles. The van der Waals surface area contributed by atoms with Crippen LogP contribution in [0.1, 0.15) is 55.1 Å². The number of aromatic nitrogens is 1.